The SMILES string of the molecule is CC(C)(C)OC(=O)NCCNC(=O)c1ccc(CCCCN)cc1. The molecule has 1 aromatic carbocycles. The fraction of sp³-hybridized carbons (Fsp3) is 0.556. The smallest absolute Gasteiger partial charge is 0.407 e. The lowest BCUT2D eigenvalue weighted by Gasteiger charge is -2.19. The van der Waals surface area contributed by atoms with Gasteiger partial charge in [0.2, 0.25) is 0 Å². The molecule has 0 fully saturated rings. The second-order valence-corrected chi connectivity index (χ2v) is 6.63. The van der Waals surface area contributed by atoms with Crippen molar-refractivity contribution in [1.29, 1.82) is 0 Å². The van der Waals surface area contributed by atoms with Gasteiger partial charge >= 0.3 is 6.09 Å². The van der Waals surface area contributed by atoms with E-state index >= 15 is 0 Å². The van der Waals surface area contributed by atoms with Gasteiger partial charge in [-0.3, -0.25) is 4.79 Å². The number of nitrogens with one attached hydrogen (secondary N) is 2. The molecule has 0 atom stereocenters. The number of carbonyl (C=O) groups is 2. The van der Waals surface area contributed by atoms with E-state index in [1.807, 2.05) is 24.3 Å². The van der Waals surface area contributed by atoms with Crippen molar-refractivity contribution in [2.24, 2.45) is 5.73 Å². The first kappa shape index (κ1) is 20.0. The Morgan fingerprint density at radius 3 is 2.25 bits per heavy atom. The number of hydrogen-bond donors (Lipinski definition) is 3. The molecule has 0 aromatic heterocycles. The Morgan fingerprint density at radius 1 is 1.04 bits per heavy atom. The van der Waals surface area contributed by atoms with E-state index in [-0.39, 0.29) is 5.91 Å². The number of alkyl carbamates (subject to hydrolysis) is 1. The van der Waals surface area contributed by atoms with E-state index in [4.69, 9.17) is 10.5 Å². The van der Waals surface area contributed by atoms with Crippen LogP contribution in [0.5, 0.6) is 0 Å². The molecule has 4 N–H and O–H groups in total. The van der Waals surface area contributed by atoms with Crippen molar-refractivity contribution in [2.45, 2.75) is 45.6 Å². The Bertz CT molecular complexity index is 521. The third-order valence-electron chi connectivity index (χ3n) is 3.21. The maximum Gasteiger partial charge on any atom is 0.407 e. The molecular weight excluding hydrogens is 306 g/mol. The average molecular weight is 335 g/mol. The molecule has 0 heterocycles. The van der Waals surface area contributed by atoms with Crippen LogP contribution < -0.4 is 16.4 Å². The molecule has 24 heavy (non-hydrogen) atoms. The third-order valence-corrected chi connectivity index (χ3v) is 3.21. The highest BCUT2D eigenvalue weighted by Gasteiger charge is 2.15. The average Bonchev–Trinajstić information content (AvgIpc) is 2.50. The van der Waals surface area contributed by atoms with Crippen LogP contribution in [-0.2, 0) is 11.2 Å². The van der Waals surface area contributed by atoms with E-state index in [1.54, 1.807) is 20.8 Å². The first-order valence-corrected chi connectivity index (χ1v) is 8.36. The highest BCUT2D eigenvalue weighted by Crippen LogP contribution is 2.08. The Kier molecular flexibility index (Phi) is 8.26. The Balaban J connectivity index is 2.29. The number of rotatable bonds is 8. The van der Waals surface area contributed by atoms with Crippen LogP contribution in [0.1, 0.15) is 49.5 Å². The van der Waals surface area contributed by atoms with Crippen molar-refractivity contribution in [1.82, 2.24) is 10.6 Å². The van der Waals surface area contributed by atoms with Crippen LogP contribution in [0.25, 0.3) is 0 Å². The van der Waals surface area contributed by atoms with Gasteiger partial charge in [0.15, 0.2) is 0 Å². The summed E-state index contributed by atoms with van der Waals surface area (Å²) >= 11 is 0. The molecule has 6 heteroatoms. The first-order chi connectivity index (χ1) is 11.3. The zero-order valence-corrected chi connectivity index (χ0v) is 14.9. The van der Waals surface area contributed by atoms with Crippen LogP contribution >= 0.6 is 0 Å². The number of nitrogens with two attached hydrogens (primary N) is 1. The number of carbonyl (C=O) groups excluding carboxylic acids is 2. The van der Waals surface area contributed by atoms with E-state index in [2.05, 4.69) is 10.6 Å². The van der Waals surface area contributed by atoms with Gasteiger partial charge in [-0.25, -0.2) is 4.79 Å². The van der Waals surface area contributed by atoms with Crippen molar-refractivity contribution in [3.8, 4) is 0 Å². The number of aryl methyl sites for hydroxylation is 1. The second kappa shape index (κ2) is 9.93. The molecule has 0 unspecified atom stereocenters. The maximum absolute atomic E-state index is 12.0. The van der Waals surface area contributed by atoms with Gasteiger partial charge in [-0.2, -0.15) is 0 Å². The zero-order valence-electron chi connectivity index (χ0n) is 14.9. The summed E-state index contributed by atoms with van der Waals surface area (Å²) in [7, 11) is 0. The largest absolute Gasteiger partial charge is 0.444 e. The zero-order chi connectivity index (χ0) is 18.0. The van der Waals surface area contributed by atoms with Crippen molar-refractivity contribution in [2.75, 3.05) is 19.6 Å². The van der Waals surface area contributed by atoms with Gasteiger partial charge in [-0.05, 0) is 64.3 Å². The molecule has 0 aliphatic rings. The number of unbranched alkanes of at least 4 members (excludes halogenated alkanes) is 1. The molecule has 0 saturated carbocycles. The minimum atomic E-state index is -0.529. The molecule has 6 nitrogen and oxygen atoms in total. The molecule has 0 saturated heterocycles. The topological polar surface area (TPSA) is 93.5 Å². The quantitative estimate of drug-likeness (QED) is 0.635. The summed E-state index contributed by atoms with van der Waals surface area (Å²) < 4.78 is 5.11. The minimum absolute atomic E-state index is 0.158. The summed E-state index contributed by atoms with van der Waals surface area (Å²) in [5.74, 6) is -0.158. The van der Waals surface area contributed by atoms with Gasteiger partial charge in [-0.1, -0.05) is 12.1 Å². The van der Waals surface area contributed by atoms with Crippen LogP contribution in [0.2, 0.25) is 0 Å². The van der Waals surface area contributed by atoms with E-state index < -0.39 is 11.7 Å². The van der Waals surface area contributed by atoms with Gasteiger partial charge in [0.25, 0.3) is 5.91 Å². The number of benzene rings is 1. The third kappa shape index (κ3) is 8.53. The summed E-state index contributed by atoms with van der Waals surface area (Å²) in [4.78, 5) is 23.5. The molecule has 0 spiro atoms. The van der Waals surface area contributed by atoms with Crippen molar-refractivity contribution in [3.05, 3.63) is 35.4 Å². The molecule has 0 aliphatic heterocycles. The van der Waals surface area contributed by atoms with Gasteiger partial charge in [0, 0.05) is 18.7 Å². The lowest BCUT2D eigenvalue weighted by atomic mass is 10.1. The molecule has 0 bridgehead atoms. The number of ether oxygens (including phenoxy) is 1. The molecule has 1 aromatic rings. The van der Waals surface area contributed by atoms with Crippen LogP contribution in [0.15, 0.2) is 24.3 Å². The molecule has 1 rings (SSSR count). The second-order valence-electron chi connectivity index (χ2n) is 6.63. The minimum Gasteiger partial charge on any atom is -0.444 e. The van der Waals surface area contributed by atoms with E-state index in [0.29, 0.717) is 25.2 Å². The normalized spacial score (nSPS) is 11.0. The number of amides is 2. The van der Waals surface area contributed by atoms with Crippen molar-refractivity contribution >= 4 is 12.0 Å². The molecule has 2 amide bonds. The standard InChI is InChI=1S/C18H29N3O3/c1-18(2,3)24-17(23)21-13-12-20-16(22)15-9-7-14(8-10-15)6-4-5-11-19/h7-10H,4-6,11-13,19H2,1-3H3,(H,20,22)(H,21,23). The lowest BCUT2D eigenvalue weighted by Crippen LogP contribution is -2.37. The van der Waals surface area contributed by atoms with Crippen molar-refractivity contribution in [3.63, 3.8) is 0 Å². The van der Waals surface area contributed by atoms with Crippen LogP contribution in [0.4, 0.5) is 4.79 Å². The summed E-state index contributed by atoms with van der Waals surface area (Å²) in [6, 6.07) is 7.55. The van der Waals surface area contributed by atoms with Crippen LogP contribution in [-0.4, -0.2) is 37.2 Å². The molecular formula is C18H29N3O3. The van der Waals surface area contributed by atoms with E-state index in [9.17, 15) is 9.59 Å². The fourth-order valence-electron chi connectivity index (χ4n) is 2.05. The Morgan fingerprint density at radius 2 is 1.67 bits per heavy atom. The lowest BCUT2D eigenvalue weighted by molar-refractivity contribution is 0.0526. The molecule has 134 valence electrons. The summed E-state index contributed by atoms with van der Waals surface area (Å²) in [6.07, 6.45) is 2.54. The molecule has 0 aliphatic carbocycles. The van der Waals surface area contributed by atoms with Gasteiger partial charge in [0.1, 0.15) is 5.60 Å². The van der Waals surface area contributed by atoms with E-state index in [1.165, 1.54) is 5.56 Å². The Hall–Kier alpha value is -2.08. The molecule has 0 radical (unpaired) electrons. The van der Waals surface area contributed by atoms with Crippen LogP contribution in [0.3, 0.4) is 0 Å². The summed E-state index contributed by atoms with van der Waals surface area (Å²) in [6.45, 7) is 6.77. The summed E-state index contributed by atoms with van der Waals surface area (Å²) in [5, 5.41) is 5.36. The predicted molar refractivity (Wildman–Crippen MR) is 95.0 cm³/mol. The fourth-order valence-corrected chi connectivity index (χ4v) is 2.05. The van der Waals surface area contributed by atoms with Gasteiger partial charge in [-0.15, -0.1) is 0 Å². The Labute approximate surface area is 144 Å². The van der Waals surface area contributed by atoms with Gasteiger partial charge < -0.3 is 21.1 Å². The summed E-state index contributed by atoms with van der Waals surface area (Å²) in [5.41, 5.74) is 6.75. The highest BCUT2D eigenvalue weighted by molar-refractivity contribution is 5.94. The maximum atomic E-state index is 12.0. The number of hydrogen-bond acceptors (Lipinski definition) is 4. The van der Waals surface area contributed by atoms with Crippen molar-refractivity contribution < 1.29 is 14.3 Å². The first-order valence-electron chi connectivity index (χ1n) is 8.36. The highest BCUT2D eigenvalue weighted by atomic mass is 16.6. The van der Waals surface area contributed by atoms with Gasteiger partial charge in [0.05, 0.1) is 0 Å². The predicted octanol–water partition coefficient (Wildman–Crippen LogP) is 2.22. The van der Waals surface area contributed by atoms with Crippen LogP contribution in [0, 0.1) is 0 Å². The monoisotopic (exact) mass is 335 g/mol. The van der Waals surface area contributed by atoms with E-state index in [0.717, 1.165) is 19.3 Å².